The number of benzene rings is 2. The Bertz CT molecular complexity index is 978. The van der Waals surface area contributed by atoms with Gasteiger partial charge in [0.1, 0.15) is 0 Å². The lowest BCUT2D eigenvalue weighted by Gasteiger charge is -2.24. The third kappa shape index (κ3) is 5.28. The number of para-hydroxylation sites is 1. The van der Waals surface area contributed by atoms with Crippen LogP contribution in [0.2, 0.25) is 0 Å². The molecule has 2 aromatic carbocycles. The molecular formula is C25H31N5O2. The van der Waals surface area contributed by atoms with Crippen LogP contribution >= 0.6 is 0 Å². The molecule has 2 amide bonds. The molecule has 0 saturated heterocycles. The number of hydrogen-bond donors (Lipinski definition) is 3. The number of nitrogens with one attached hydrogen (secondary N) is 3. The molecule has 0 radical (unpaired) electrons. The summed E-state index contributed by atoms with van der Waals surface area (Å²) < 4.78 is 0. The second kappa shape index (κ2) is 10.3. The Morgan fingerprint density at radius 2 is 1.81 bits per heavy atom. The molecule has 0 aromatic heterocycles. The van der Waals surface area contributed by atoms with Crippen LogP contribution < -0.4 is 16.0 Å². The number of hydrogen-bond acceptors (Lipinski definition) is 3. The largest absolute Gasteiger partial charge is 0.357 e. The first-order valence-electron chi connectivity index (χ1n) is 11.4. The average molecular weight is 434 g/mol. The number of aliphatic imine (C=N–C) groups is 1. The number of guanidine groups is 1. The standard InChI is InChI=1S/C25H31N5O2/c1-2-26-25(28-15-20-14-23(31)29-22-11-6-5-10-21(20)22)27-13-7-12-24(32)30-16-18-8-3-4-9-19(18)17-30/h3-6,8-11,20H,2,7,12-17H2,1H3,(H,29,31)(H2,26,27,28). The van der Waals surface area contributed by atoms with Crippen molar-refractivity contribution in [2.75, 3.05) is 25.0 Å². The molecule has 0 saturated carbocycles. The molecule has 32 heavy (non-hydrogen) atoms. The summed E-state index contributed by atoms with van der Waals surface area (Å²) in [4.78, 5) is 31.3. The van der Waals surface area contributed by atoms with E-state index in [1.807, 2.05) is 42.2 Å². The van der Waals surface area contributed by atoms with Gasteiger partial charge in [-0.3, -0.25) is 14.6 Å². The molecule has 0 aliphatic carbocycles. The Labute approximate surface area is 189 Å². The van der Waals surface area contributed by atoms with Crippen molar-refractivity contribution >= 4 is 23.5 Å². The highest BCUT2D eigenvalue weighted by atomic mass is 16.2. The van der Waals surface area contributed by atoms with E-state index in [9.17, 15) is 9.59 Å². The van der Waals surface area contributed by atoms with Gasteiger partial charge in [0.2, 0.25) is 11.8 Å². The summed E-state index contributed by atoms with van der Waals surface area (Å²) >= 11 is 0. The van der Waals surface area contributed by atoms with Gasteiger partial charge in [0.15, 0.2) is 5.96 Å². The van der Waals surface area contributed by atoms with E-state index < -0.39 is 0 Å². The fourth-order valence-corrected chi connectivity index (χ4v) is 4.32. The van der Waals surface area contributed by atoms with Crippen LogP contribution in [0.25, 0.3) is 0 Å². The number of amides is 2. The molecule has 4 rings (SSSR count). The maximum atomic E-state index is 12.6. The zero-order valence-electron chi connectivity index (χ0n) is 18.6. The van der Waals surface area contributed by atoms with Gasteiger partial charge in [-0.15, -0.1) is 0 Å². The van der Waals surface area contributed by atoms with Crippen LogP contribution in [0.1, 0.15) is 48.8 Å². The number of carbonyl (C=O) groups is 2. The second-order valence-corrected chi connectivity index (χ2v) is 8.30. The van der Waals surface area contributed by atoms with Gasteiger partial charge in [0.05, 0.1) is 6.54 Å². The molecule has 0 spiro atoms. The topological polar surface area (TPSA) is 85.8 Å². The van der Waals surface area contributed by atoms with E-state index in [1.54, 1.807) is 0 Å². The van der Waals surface area contributed by atoms with E-state index in [4.69, 9.17) is 4.99 Å². The minimum Gasteiger partial charge on any atom is -0.357 e. The normalized spacial score (nSPS) is 17.4. The molecule has 1 unspecified atom stereocenters. The molecule has 1 atom stereocenters. The van der Waals surface area contributed by atoms with E-state index in [0.29, 0.717) is 39.0 Å². The van der Waals surface area contributed by atoms with Crippen molar-refractivity contribution in [3.05, 3.63) is 65.2 Å². The second-order valence-electron chi connectivity index (χ2n) is 8.30. The maximum Gasteiger partial charge on any atom is 0.225 e. The van der Waals surface area contributed by atoms with Crippen LogP contribution in [0, 0.1) is 0 Å². The Balaban J connectivity index is 1.26. The molecule has 0 fully saturated rings. The van der Waals surface area contributed by atoms with Crippen molar-refractivity contribution < 1.29 is 9.59 Å². The van der Waals surface area contributed by atoms with E-state index in [2.05, 4.69) is 34.1 Å². The van der Waals surface area contributed by atoms with Gasteiger partial charge in [-0.25, -0.2) is 0 Å². The summed E-state index contributed by atoms with van der Waals surface area (Å²) in [6.07, 6.45) is 1.69. The zero-order chi connectivity index (χ0) is 22.3. The van der Waals surface area contributed by atoms with Crippen molar-refractivity contribution in [3.8, 4) is 0 Å². The van der Waals surface area contributed by atoms with Gasteiger partial charge in [-0.05, 0) is 36.1 Å². The van der Waals surface area contributed by atoms with Crippen LogP contribution in [0.5, 0.6) is 0 Å². The highest BCUT2D eigenvalue weighted by Crippen LogP contribution is 2.32. The van der Waals surface area contributed by atoms with Crippen LogP contribution in [-0.2, 0) is 22.7 Å². The molecule has 0 bridgehead atoms. The first-order valence-corrected chi connectivity index (χ1v) is 11.4. The predicted octanol–water partition coefficient (Wildman–Crippen LogP) is 2.99. The number of fused-ring (bicyclic) bond motifs is 2. The van der Waals surface area contributed by atoms with E-state index in [-0.39, 0.29) is 17.7 Å². The Morgan fingerprint density at radius 1 is 1.09 bits per heavy atom. The molecule has 2 aromatic rings. The minimum absolute atomic E-state index is 0.0319. The molecule has 7 heteroatoms. The molecule has 168 valence electrons. The van der Waals surface area contributed by atoms with Gasteiger partial charge in [-0.1, -0.05) is 42.5 Å². The smallest absolute Gasteiger partial charge is 0.225 e. The van der Waals surface area contributed by atoms with Gasteiger partial charge in [-0.2, -0.15) is 0 Å². The quantitative estimate of drug-likeness (QED) is 0.356. The third-order valence-corrected chi connectivity index (χ3v) is 5.97. The van der Waals surface area contributed by atoms with E-state index in [0.717, 1.165) is 30.2 Å². The van der Waals surface area contributed by atoms with Crippen molar-refractivity contribution in [2.24, 2.45) is 4.99 Å². The Kier molecular flexibility index (Phi) is 7.04. The lowest BCUT2D eigenvalue weighted by Crippen LogP contribution is -2.38. The summed E-state index contributed by atoms with van der Waals surface area (Å²) in [7, 11) is 0. The third-order valence-electron chi connectivity index (χ3n) is 5.97. The Hall–Kier alpha value is -3.35. The first-order chi connectivity index (χ1) is 15.6. The SMILES string of the molecule is CCNC(=NCC1CC(=O)Nc2ccccc21)NCCCC(=O)N1Cc2ccccc2C1. The zero-order valence-corrected chi connectivity index (χ0v) is 18.6. The summed E-state index contributed by atoms with van der Waals surface area (Å²) in [6, 6.07) is 16.1. The highest BCUT2D eigenvalue weighted by molar-refractivity contribution is 5.94. The van der Waals surface area contributed by atoms with E-state index >= 15 is 0 Å². The summed E-state index contributed by atoms with van der Waals surface area (Å²) in [6.45, 7) is 5.39. The molecule has 2 heterocycles. The van der Waals surface area contributed by atoms with Gasteiger partial charge >= 0.3 is 0 Å². The first kappa shape index (κ1) is 21.9. The van der Waals surface area contributed by atoms with Crippen molar-refractivity contribution in [1.29, 1.82) is 0 Å². The number of nitrogens with zero attached hydrogens (tertiary/aromatic N) is 2. The fourth-order valence-electron chi connectivity index (χ4n) is 4.32. The van der Waals surface area contributed by atoms with Crippen LogP contribution in [0.3, 0.4) is 0 Å². The van der Waals surface area contributed by atoms with Gasteiger partial charge < -0.3 is 20.9 Å². The van der Waals surface area contributed by atoms with Crippen molar-refractivity contribution in [2.45, 2.75) is 45.2 Å². The molecule has 7 nitrogen and oxygen atoms in total. The van der Waals surface area contributed by atoms with Gasteiger partial charge in [0.25, 0.3) is 0 Å². The summed E-state index contributed by atoms with van der Waals surface area (Å²) in [5.41, 5.74) is 4.51. The number of rotatable bonds is 7. The monoisotopic (exact) mass is 433 g/mol. The molecule has 3 N–H and O–H groups in total. The Morgan fingerprint density at radius 3 is 2.56 bits per heavy atom. The summed E-state index contributed by atoms with van der Waals surface area (Å²) in [5.74, 6) is 1.00. The van der Waals surface area contributed by atoms with Crippen molar-refractivity contribution in [1.82, 2.24) is 15.5 Å². The highest BCUT2D eigenvalue weighted by Gasteiger charge is 2.25. The molecule has 2 aliphatic rings. The van der Waals surface area contributed by atoms with E-state index in [1.165, 1.54) is 11.1 Å². The fraction of sp³-hybridized carbons (Fsp3) is 0.400. The summed E-state index contributed by atoms with van der Waals surface area (Å²) in [5, 5.41) is 9.51. The van der Waals surface area contributed by atoms with Crippen molar-refractivity contribution in [3.63, 3.8) is 0 Å². The van der Waals surface area contributed by atoms with Crippen LogP contribution in [0.15, 0.2) is 53.5 Å². The van der Waals surface area contributed by atoms with Crippen LogP contribution in [0.4, 0.5) is 5.69 Å². The lowest BCUT2D eigenvalue weighted by atomic mass is 9.91. The lowest BCUT2D eigenvalue weighted by molar-refractivity contribution is -0.131. The molecular weight excluding hydrogens is 402 g/mol. The maximum absolute atomic E-state index is 12.6. The van der Waals surface area contributed by atoms with Gasteiger partial charge in [0, 0.05) is 50.6 Å². The number of anilines is 1. The minimum atomic E-state index is 0.0319. The van der Waals surface area contributed by atoms with Crippen LogP contribution in [-0.4, -0.2) is 42.3 Å². The number of carbonyl (C=O) groups excluding carboxylic acids is 2. The predicted molar refractivity (Wildman–Crippen MR) is 126 cm³/mol. The average Bonchev–Trinajstić information content (AvgIpc) is 3.24. The molecule has 2 aliphatic heterocycles.